The zero-order valence-electron chi connectivity index (χ0n) is 17.6. The lowest BCUT2D eigenvalue weighted by Crippen LogP contribution is -2.51. The molecule has 3 fully saturated rings. The van der Waals surface area contributed by atoms with Crippen LogP contribution in [0.1, 0.15) is 48.9 Å². The molecule has 0 spiro atoms. The highest BCUT2D eigenvalue weighted by atomic mass is 16.2. The quantitative estimate of drug-likeness (QED) is 0.845. The molecule has 0 unspecified atom stereocenters. The fourth-order valence-corrected chi connectivity index (χ4v) is 5.42. The molecule has 0 saturated carbocycles. The molecule has 0 bridgehead atoms. The van der Waals surface area contributed by atoms with E-state index < -0.39 is 0 Å². The number of aromatic nitrogens is 2. The van der Waals surface area contributed by atoms with E-state index in [9.17, 15) is 9.59 Å². The molecule has 7 nitrogen and oxygen atoms in total. The molecule has 0 radical (unpaired) electrons. The maximum atomic E-state index is 13.0. The number of carbonyl (C=O) groups excluding carboxylic acids is 2. The predicted molar refractivity (Wildman–Crippen MR) is 115 cm³/mol. The Morgan fingerprint density at radius 2 is 1.73 bits per heavy atom. The number of benzene rings is 1. The lowest BCUT2D eigenvalue weighted by Gasteiger charge is -2.42. The van der Waals surface area contributed by atoms with Gasteiger partial charge in [-0.05, 0) is 63.3 Å². The second-order valence-electron chi connectivity index (χ2n) is 9.02. The Hall–Kier alpha value is -2.41. The van der Waals surface area contributed by atoms with Gasteiger partial charge in [-0.3, -0.25) is 14.5 Å². The number of imidazole rings is 1. The lowest BCUT2D eigenvalue weighted by atomic mass is 9.92. The summed E-state index contributed by atoms with van der Waals surface area (Å²) in [6.45, 7) is 5.43. The number of likely N-dealkylation sites (tertiary alicyclic amines) is 3. The molecular formula is C23H31N5O2. The minimum absolute atomic E-state index is 0.102. The average molecular weight is 410 g/mol. The molecular weight excluding hydrogens is 378 g/mol. The molecule has 2 amide bonds. The largest absolute Gasteiger partial charge is 0.345 e. The van der Waals surface area contributed by atoms with Gasteiger partial charge in [0.2, 0.25) is 5.91 Å². The molecule has 1 atom stereocenters. The number of nitrogens with zero attached hydrogens (tertiary/aromatic N) is 4. The van der Waals surface area contributed by atoms with E-state index in [1.165, 1.54) is 0 Å². The molecule has 1 aromatic heterocycles. The monoisotopic (exact) mass is 409 g/mol. The first-order valence-electron chi connectivity index (χ1n) is 11.4. The smallest absolute Gasteiger partial charge is 0.253 e. The van der Waals surface area contributed by atoms with Crippen LogP contribution in [0.2, 0.25) is 0 Å². The molecule has 160 valence electrons. The van der Waals surface area contributed by atoms with Gasteiger partial charge in [0.15, 0.2) is 0 Å². The van der Waals surface area contributed by atoms with E-state index >= 15 is 0 Å². The van der Waals surface area contributed by atoms with Crippen molar-refractivity contribution >= 4 is 22.8 Å². The molecule has 1 aromatic carbocycles. The Kier molecular flexibility index (Phi) is 5.46. The fourth-order valence-electron chi connectivity index (χ4n) is 5.42. The fraction of sp³-hybridized carbons (Fsp3) is 0.609. The third-order valence-corrected chi connectivity index (χ3v) is 7.16. The standard InChI is InChI=1S/C23H31N5O2/c29-22(17-5-6-20-21(14-17)25-16-24-20)27-12-7-19(8-13-27)28-11-3-4-18(15-28)23(30)26-9-1-2-10-26/h5-6,14,16,18-19H,1-4,7-13,15H2,(H,24,25)/t18-/m1/s1. The van der Waals surface area contributed by atoms with Gasteiger partial charge in [0, 0.05) is 44.3 Å². The van der Waals surface area contributed by atoms with Gasteiger partial charge in [-0.25, -0.2) is 4.98 Å². The van der Waals surface area contributed by atoms with Crippen LogP contribution in [-0.2, 0) is 4.79 Å². The van der Waals surface area contributed by atoms with Gasteiger partial charge in [0.25, 0.3) is 5.91 Å². The van der Waals surface area contributed by atoms with Crippen molar-refractivity contribution in [1.82, 2.24) is 24.7 Å². The summed E-state index contributed by atoms with van der Waals surface area (Å²) in [7, 11) is 0. The number of carbonyl (C=O) groups is 2. The van der Waals surface area contributed by atoms with Gasteiger partial charge in [-0.1, -0.05) is 0 Å². The molecule has 4 heterocycles. The van der Waals surface area contributed by atoms with Crippen LogP contribution in [0, 0.1) is 5.92 Å². The second-order valence-corrected chi connectivity index (χ2v) is 9.02. The first-order chi connectivity index (χ1) is 14.7. The SMILES string of the molecule is O=C(c1ccc2nc[nH]c2c1)N1CCC(N2CCC[C@@H](C(=O)N3CCCC3)C2)CC1. The van der Waals surface area contributed by atoms with E-state index in [4.69, 9.17) is 0 Å². The van der Waals surface area contributed by atoms with Crippen molar-refractivity contribution in [3.63, 3.8) is 0 Å². The summed E-state index contributed by atoms with van der Waals surface area (Å²) in [5.41, 5.74) is 2.51. The predicted octanol–water partition coefficient (Wildman–Crippen LogP) is 2.50. The van der Waals surface area contributed by atoms with Crippen molar-refractivity contribution in [2.24, 2.45) is 5.92 Å². The number of rotatable bonds is 3. The normalized spacial score (nSPS) is 23.9. The van der Waals surface area contributed by atoms with Gasteiger partial charge in [0.05, 0.1) is 23.3 Å². The van der Waals surface area contributed by atoms with Crippen LogP contribution in [0.3, 0.4) is 0 Å². The van der Waals surface area contributed by atoms with Gasteiger partial charge >= 0.3 is 0 Å². The molecule has 30 heavy (non-hydrogen) atoms. The van der Waals surface area contributed by atoms with Crippen molar-refractivity contribution in [1.29, 1.82) is 0 Å². The first-order valence-corrected chi connectivity index (χ1v) is 11.4. The van der Waals surface area contributed by atoms with Gasteiger partial charge in [0.1, 0.15) is 0 Å². The molecule has 1 N–H and O–H groups in total. The van der Waals surface area contributed by atoms with Crippen LogP contribution in [-0.4, -0.2) is 81.8 Å². The number of fused-ring (bicyclic) bond motifs is 1. The van der Waals surface area contributed by atoms with E-state index in [1.54, 1.807) is 6.33 Å². The number of aromatic amines is 1. The summed E-state index contributed by atoms with van der Waals surface area (Å²) in [5, 5.41) is 0. The van der Waals surface area contributed by atoms with Crippen molar-refractivity contribution in [3.05, 3.63) is 30.1 Å². The van der Waals surface area contributed by atoms with Crippen molar-refractivity contribution < 1.29 is 9.59 Å². The van der Waals surface area contributed by atoms with Crippen LogP contribution in [0.25, 0.3) is 11.0 Å². The van der Waals surface area contributed by atoms with Gasteiger partial charge in [-0.15, -0.1) is 0 Å². The van der Waals surface area contributed by atoms with Crippen LogP contribution in [0.5, 0.6) is 0 Å². The topological polar surface area (TPSA) is 72.5 Å². The van der Waals surface area contributed by atoms with E-state index in [2.05, 4.69) is 19.8 Å². The Morgan fingerprint density at radius 3 is 2.53 bits per heavy atom. The Balaban J connectivity index is 1.17. The Morgan fingerprint density at radius 1 is 0.933 bits per heavy atom. The van der Waals surface area contributed by atoms with Crippen molar-refractivity contribution in [3.8, 4) is 0 Å². The number of amides is 2. The highest BCUT2D eigenvalue weighted by Gasteiger charge is 2.34. The summed E-state index contributed by atoms with van der Waals surface area (Å²) in [4.78, 5) is 39.7. The summed E-state index contributed by atoms with van der Waals surface area (Å²) < 4.78 is 0. The third-order valence-electron chi connectivity index (χ3n) is 7.16. The summed E-state index contributed by atoms with van der Waals surface area (Å²) in [6.07, 6.45) is 8.08. The van der Waals surface area contributed by atoms with Gasteiger partial charge < -0.3 is 14.8 Å². The minimum Gasteiger partial charge on any atom is -0.345 e. The number of hydrogen-bond acceptors (Lipinski definition) is 4. The van der Waals surface area contributed by atoms with Crippen molar-refractivity contribution in [2.45, 2.75) is 44.6 Å². The van der Waals surface area contributed by atoms with E-state index in [1.807, 2.05) is 23.1 Å². The number of nitrogens with one attached hydrogen (secondary N) is 1. The zero-order chi connectivity index (χ0) is 20.5. The van der Waals surface area contributed by atoms with E-state index in [0.29, 0.717) is 11.9 Å². The van der Waals surface area contributed by atoms with Crippen molar-refractivity contribution in [2.75, 3.05) is 39.3 Å². The minimum atomic E-state index is 0.102. The Bertz CT molecular complexity index is 911. The molecule has 3 saturated heterocycles. The lowest BCUT2D eigenvalue weighted by molar-refractivity contribution is -0.136. The maximum Gasteiger partial charge on any atom is 0.253 e. The van der Waals surface area contributed by atoms with Crippen LogP contribution >= 0.6 is 0 Å². The van der Waals surface area contributed by atoms with E-state index in [-0.39, 0.29) is 11.8 Å². The molecule has 7 heteroatoms. The van der Waals surface area contributed by atoms with Crippen LogP contribution < -0.4 is 0 Å². The summed E-state index contributed by atoms with van der Waals surface area (Å²) in [6, 6.07) is 6.16. The van der Waals surface area contributed by atoms with E-state index in [0.717, 1.165) is 94.4 Å². The molecule has 3 aliphatic rings. The second kappa shape index (κ2) is 8.38. The highest BCUT2D eigenvalue weighted by Crippen LogP contribution is 2.27. The molecule has 0 aliphatic carbocycles. The van der Waals surface area contributed by atoms with Crippen LogP contribution in [0.15, 0.2) is 24.5 Å². The molecule has 3 aliphatic heterocycles. The highest BCUT2D eigenvalue weighted by molar-refractivity contribution is 5.97. The average Bonchev–Trinajstić information content (AvgIpc) is 3.50. The third kappa shape index (κ3) is 3.83. The summed E-state index contributed by atoms with van der Waals surface area (Å²) >= 11 is 0. The summed E-state index contributed by atoms with van der Waals surface area (Å²) in [5.74, 6) is 0.641. The number of H-pyrrole nitrogens is 1. The first kappa shape index (κ1) is 19.5. The zero-order valence-corrected chi connectivity index (χ0v) is 17.6. The maximum absolute atomic E-state index is 13.0. The van der Waals surface area contributed by atoms with Gasteiger partial charge in [-0.2, -0.15) is 0 Å². The Labute approximate surface area is 177 Å². The number of piperidine rings is 2. The number of hydrogen-bond donors (Lipinski definition) is 1. The molecule has 5 rings (SSSR count). The molecule has 2 aromatic rings. The van der Waals surface area contributed by atoms with Crippen LogP contribution in [0.4, 0.5) is 0 Å².